The Morgan fingerprint density at radius 1 is 1.19 bits per heavy atom. The number of aromatic nitrogens is 2. The summed E-state index contributed by atoms with van der Waals surface area (Å²) in [4.78, 5) is 6.47. The average Bonchev–Trinajstić information content (AvgIpc) is 3.04. The number of nitrogens with zero attached hydrogens (tertiary/aromatic N) is 3. The van der Waals surface area contributed by atoms with Gasteiger partial charge in [-0.3, -0.25) is 0 Å². The van der Waals surface area contributed by atoms with Crippen molar-refractivity contribution in [1.29, 1.82) is 0 Å². The predicted octanol–water partition coefficient (Wildman–Crippen LogP) is 1.54. The predicted molar refractivity (Wildman–Crippen MR) is 79.0 cm³/mol. The maximum atomic E-state index is 6.15. The van der Waals surface area contributed by atoms with Gasteiger partial charge in [-0.1, -0.05) is 30.3 Å². The van der Waals surface area contributed by atoms with Crippen LogP contribution in [-0.2, 0) is 11.2 Å². The minimum absolute atomic E-state index is 0.229. The number of ether oxygens (including phenoxy) is 1. The molecule has 0 spiro atoms. The third kappa shape index (κ3) is 3.59. The molecule has 1 fully saturated rings. The lowest BCUT2D eigenvalue weighted by Crippen LogP contribution is -2.36. The second-order valence-corrected chi connectivity index (χ2v) is 5.16. The SMILES string of the molecule is N[C@@H](CCc1ccccc1)c1nc(N2CCOCC2)no1. The number of nitrogens with two attached hydrogens (primary N) is 1. The molecule has 1 aromatic carbocycles. The zero-order valence-electron chi connectivity index (χ0n) is 11.9. The molecule has 6 nitrogen and oxygen atoms in total. The van der Waals surface area contributed by atoms with Gasteiger partial charge in [-0.25, -0.2) is 0 Å². The highest BCUT2D eigenvalue weighted by atomic mass is 16.5. The monoisotopic (exact) mass is 288 g/mol. The molecule has 2 heterocycles. The van der Waals surface area contributed by atoms with Gasteiger partial charge in [0.25, 0.3) is 5.95 Å². The van der Waals surface area contributed by atoms with Crippen LogP contribution in [0.1, 0.15) is 23.9 Å². The fraction of sp³-hybridized carbons (Fsp3) is 0.467. The Morgan fingerprint density at radius 3 is 2.71 bits per heavy atom. The van der Waals surface area contributed by atoms with Crippen molar-refractivity contribution in [3.8, 4) is 0 Å². The van der Waals surface area contributed by atoms with Crippen LogP contribution in [0.25, 0.3) is 0 Å². The molecule has 2 aromatic rings. The molecule has 1 atom stereocenters. The van der Waals surface area contributed by atoms with Crippen molar-refractivity contribution in [3.63, 3.8) is 0 Å². The Labute approximate surface area is 123 Å². The molecular formula is C15H20N4O2. The minimum atomic E-state index is -0.229. The number of aryl methyl sites for hydroxylation is 1. The maximum Gasteiger partial charge on any atom is 0.266 e. The van der Waals surface area contributed by atoms with Crippen molar-refractivity contribution in [2.24, 2.45) is 5.73 Å². The molecule has 0 amide bonds. The third-order valence-corrected chi connectivity index (χ3v) is 3.63. The van der Waals surface area contributed by atoms with Crippen LogP contribution in [0.15, 0.2) is 34.9 Å². The Bertz CT molecular complexity index is 552. The van der Waals surface area contributed by atoms with Crippen LogP contribution in [0.3, 0.4) is 0 Å². The van der Waals surface area contributed by atoms with Crippen molar-refractivity contribution >= 4 is 5.95 Å². The van der Waals surface area contributed by atoms with Gasteiger partial charge in [-0.05, 0) is 23.6 Å². The van der Waals surface area contributed by atoms with Gasteiger partial charge in [0.15, 0.2) is 0 Å². The molecule has 1 saturated heterocycles. The number of rotatable bonds is 5. The first kappa shape index (κ1) is 14.0. The van der Waals surface area contributed by atoms with E-state index in [1.807, 2.05) is 18.2 Å². The first-order valence-electron chi connectivity index (χ1n) is 7.29. The number of hydrogen-bond donors (Lipinski definition) is 1. The molecule has 21 heavy (non-hydrogen) atoms. The fourth-order valence-corrected chi connectivity index (χ4v) is 2.36. The minimum Gasteiger partial charge on any atom is -0.378 e. The van der Waals surface area contributed by atoms with Crippen molar-refractivity contribution < 1.29 is 9.26 Å². The molecule has 6 heteroatoms. The van der Waals surface area contributed by atoms with Crippen LogP contribution < -0.4 is 10.6 Å². The van der Waals surface area contributed by atoms with Gasteiger partial charge in [0.05, 0.1) is 19.3 Å². The zero-order valence-corrected chi connectivity index (χ0v) is 11.9. The quantitative estimate of drug-likeness (QED) is 0.899. The van der Waals surface area contributed by atoms with E-state index in [-0.39, 0.29) is 6.04 Å². The summed E-state index contributed by atoms with van der Waals surface area (Å²) in [6.07, 6.45) is 1.69. The summed E-state index contributed by atoms with van der Waals surface area (Å²) in [5.74, 6) is 1.12. The van der Waals surface area contributed by atoms with E-state index in [1.54, 1.807) is 0 Å². The smallest absolute Gasteiger partial charge is 0.266 e. The first-order chi connectivity index (χ1) is 10.3. The largest absolute Gasteiger partial charge is 0.378 e. The van der Waals surface area contributed by atoms with E-state index in [2.05, 4.69) is 27.2 Å². The molecule has 1 aromatic heterocycles. The number of hydrogen-bond acceptors (Lipinski definition) is 6. The summed E-state index contributed by atoms with van der Waals surface area (Å²) in [6, 6.07) is 10.0. The van der Waals surface area contributed by atoms with E-state index in [4.69, 9.17) is 15.0 Å². The van der Waals surface area contributed by atoms with E-state index in [1.165, 1.54) is 5.56 Å². The van der Waals surface area contributed by atoms with Gasteiger partial charge in [0.2, 0.25) is 5.89 Å². The van der Waals surface area contributed by atoms with Gasteiger partial charge in [0, 0.05) is 13.1 Å². The zero-order chi connectivity index (χ0) is 14.5. The normalized spacial score (nSPS) is 16.9. The molecule has 3 rings (SSSR count). The van der Waals surface area contributed by atoms with Gasteiger partial charge in [-0.15, -0.1) is 0 Å². The van der Waals surface area contributed by atoms with E-state index in [0.717, 1.165) is 25.9 Å². The molecule has 0 bridgehead atoms. The van der Waals surface area contributed by atoms with Gasteiger partial charge in [0.1, 0.15) is 0 Å². The maximum absolute atomic E-state index is 6.15. The van der Waals surface area contributed by atoms with Crippen LogP contribution >= 0.6 is 0 Å². The van der Waals surface area contributed by atoms with Crippen LogP contribution in [0.2, 0.25) is 0 Å². The topological polar surface area (TPSA) is 77.4 Å². The van der Waals surface area contributed by atoms with Gasteiger partial charge in [-0.2, -0.15) is 4.98 Å². The van der Waals surface area contributed by atoms with Crippen LogP contribution in [0, 0.1) is 0 Å². The molecular weight excluding hydrogens is 268 g/mol. The van der Waals surface area contributed by atoms with Crippen molar-refractivity contribution in [1.82, 2.24) is 10.1 Å². The van der Waals surface area contributed by atoms with E-state index in [0.29, 0.717) is 25.1 Å². The molecule has 0 saturated carbocycles. The summed E-state index contributed by atoms with van der Waals surface area (Å²) in [7, 11) is 0. The van der Waals surface area contributed by atoms with Crippen molar-refractivity contribution in [2.75, 3.05) is 31.2 Å². The Balaban J connectivity index is 1.57. The summed E-state index contributed by atoms with van der Waals surface area (Å²) in [6.45, 7) is 2.98. The van der Waals surface area contributed by atoms with Crippen molar-refractivity contribution in [3.05, 3.63) is 41.8 Å². The number of morpholine rings is 1. The molecule has 1 aliphatic heterocycles. The lowest BCUT2D eigenvalue weighted by molar-refractivity contribution is 0.121. The Hall–Kier alpha value is -1.92. The lowest BCUT2D eigenvalue weighted by atomic mass is 10.1. The summed E-state index contributed by atoms with van der Waals surface area (Å²) >= 11 is 0. The molecule has 112 valence electrons. The Morgan fingerprint density at radius 2 is 1.95 bits per heavy atom. The van der Waals surface area contributed by atoms with Crippen LogP contribution in [0.5, 0.6) is 0 Å². The third-order valence-electron chi connectivity index (χ3n) is 3.63. The number of benzene rings is 1. The van der Waals surface area contributed by atoms with E-state index >= 15 is 0 Å². The highest BCUT2D eigenvalue weighted by Gasteiger charge is 2.20. The van der Waals surface area contributed by atoms with Crippen LogP contribution in [-0.4, -0.2) is 36.4 Å². The second-order valence-electron chi connectivity index (χ2n) is 5.16. The highest BCUT2D eigenvalue weighted by Crippen LogP contribution is 2.18. The van der Waals surface area contributed by atoms with E-state index in [9.17, 15) is 0 Å². The second kappa shape index (κ2) is 6.69. The standard InChI is InChI=1S/C15H20N4O2/c16-13(7-6-12-4-2-1-3-5-12)14-17-15(18-21-14)19-8-10-20-11-9-19/h1-5,13H,6-11,16H2/t13-/m0/s1. The fourth-order valence-electron chi connectivity index (χ4n) is 2.36. The molecule has 0 unspecified atom stereocenters. The molecule has 1 aliphatic rings. The summed E-state index contributed by atoms with van der Waals surface area (Å²) < 4.78 is 10.6. The van der Waals surface area contributed by atoms with Crippen LogP contribution in [0.4, 0.5) is 5.95 Å². The molecule has 2 N–H and O–H groups in total. The summed E-state index contributed by atoms with van der Waals surface area (Å²) in [5, 5.41) is 4.02. The molecule has 0 aliphatic carbocycles. The van der Waals surface area contributed by atoms with Gasteiger partial charge >= 0.3 is 0 Å². The van der Waals surface area contributed by atoms with Gasteiger partial charge < -0.3 is 19.9 Å². The van der Waals surface area contributed by atoms with E-state index < -0.39 is 0 Å². The van der Waals surface area contributed by atoms with Crippen molar-refractivity contribution in [2.45, 2.75) is 18.9 Å². The molecule has 0 radical (unpaired) electrons. The average molecular weight is 288 g/mol. The Kier molecular flexibility index (Phi) is 4.47. The summed E-state index contributed by atoms with van der Waals surface area (Å²) in [5.41, 5.74) is 7.41. The lowest BCUT2D eigenvalue weighted by Gasteiger charge is -2.24. The number of anilines is 1. The first-order valence-corrected chi connectivity index (χ1v) is 7.29. The highest BCUT2D eigenvalue weighted by molar-refractivity contribution is 5.28.